The largest absolute Gasteiger partial charge is 0.355 e. The van der Waals surface area contributed by atoms with Crippen LogP contribution < -0.4 is 5.32 Å². The van der Waals surface area contributed by atoms with E-state index in [4.69, 9.17) is 0 Å². The third-order valence-electron chi connectivity index (χ3n) is 6.13. The zero-order valence-corrected chi connectivity index (χ0v) is 19.6. The predicted molar refractivity (Wildman–Crippen MR) is 132 cm³/mol. The maximum absolute atomic E-state index is 12.7. The van der Waals surface area contributed by atoms with Gasteiger partial charge in [0, 0.05) is 55.5 Å². The minimum Gasteiger partial charge on any atom is -0.355 e. The Morgan fingerprint density at radius 2 is 1.66 bits per heavy atom. The zero-order valence-electron chi connectivity index (χ0n) is 19.6. The van der Waals surface area contributed by atoms with Gasteiger partial charge in [-0.05, 0) is 37.1 Å². The van der Waals surface area contributed by atoms with Crippen molar-refractivity contribution in [3.63, 3.8) is 0 Å². The molecular weight excluding hydrogens is 446 g/mol. The van der Waals surface area contributed by atoms with E-state index in [1.54, 1.807) is 23.0 Å². The molecule has 0 aliphatic carbocycles. The Labute approximate surface area is 203 Å². The van der Waals surface area contributed by atoms with Gasteiger partial charge < -0.3 is 10.2 Å². The standard InChI is InChI=1S/C26H29N5O4/c32-24(27-15-14-25(33)29-16-6-1-2-7-17-29)18-21-19-30(22-8-4-3-5-9-22)28-26(21)20-10-12-23(13-11-20)31(34)35/h3-5,8-13,19H,1-2,6-7,14-18H2,(H,27,32). The highest BCUT2D eigenvalue weighted by Gasteiger charge is 2.18. The van der Waals surface area contributed by atoms with Crippen molar-refractivity contribution >= 4 is 17.5 Å². The number of hydrogen-bond acceptors (Lipinski definition) is 5. The summed E-state index contributed by atoms with van der Waals surface area (Å²) in [6.45, 7) is 1.88. The van der Waals surface area contributed by atoms with Gasteiger partial charge >= 0.3 is 0 Å². The number of nitro benzene ring substituents is 1. The van der Waals surface area contributed by atoms with Crippen LogP contribution in [0, 0.1) is 10.1 Å². The van der Waals surface area contributed by atoms with Crippen LogP contribution >= 0.6 is 0 Å². The molecule has 1 aromatic heterocycles. The van der Waals surface area contributed by atoms with Crippen LogP contribution in [0.15, 0.2) is 60.8 Å². The topological polar surface area (TPSA) is 110 Å². The molecule has 0 bridgehead atoms. The van der Waals surface area contributed by atoms with Crippen molar-refractivity contribution in [1.29, 1.82) is 0 Å². The van der Waals surface area contributed by atoms with Gasteiger partial charge in [0.25, 0.3) is 5.69 Å². The Morgan fingerprint density at radius 1 is 0.971 bits per heavy atom. The summed E-state index contributed by atoms with van der Waals surface area (Å²) >= 11 is 0. The summed E-state index contributed by atoms with van der Waals surface area (Å²) in [5.41, 5.74) is 2.79. The first-order chi connectivity index (χ1) is 17.0. The maximum Gasteiger partial charge on any atom is 0.269 e. The third-order valence-corrected chi connectivity index (χ3v) is 6.13. The molecule has 1 fully saturated rings. The highest BCUT2D eigenvalue weighted by molar-refractivity contribution is 5.82. The Morgan fingerprint density at radius 3 is 2.31 bits per heavy atom. The monoisotopic (exact) mass is 475 g/mol. The second-order valence-corrected chi connectivity index (χ2v) is 8.66. The molecule has 0 radical (unpaired) electrons. The number of carbonyl (C=O) groups is 2. The number of hydrogen-bond donors (Lipinski definition) is 1. The lowest BCUT2D eigenvalue weighted by Crippen LogP contribution is -2.35. The summed E-state index contributed by atoms with van der Waals surface area (Å²) in [7, 11) is 0. The Kier molecular flexibility index (Phi) is 7.87. The first kappa shape index (κ1) is 24.1. The summed E-state index contributed by atoms with van der Waals surface area (Å²) in [6, 6.07) is 15.6. The van der Waals surface area contributed by atoms with Crippen molar-refractivity contribution in [3.05, 3.63) is 76.5 Å². The Hall–Kier alpha value is -4.01. The van der Waals surface area contributed by atoms with E-state index in [1.807, 2.05) is 35.2 Å². The van der Waals surface area contributed by atoms with Gasteiger partial charge in [0.15, 0.2) is 0 Å². The molecule has 2 amide bonds. The number of non-ortho nitro benzene ring substituents is 1. The van der Waals surface area contributed by atoms with Gasteiger partial charge in [-0.15, -0.1) is 0 Å². The van der Waals surface area contributed by atoms with Crippen molar-refractivity contribution in [3.8, 4) is 16.9 Å². The van der Waals surface area contributed by atoms with Crippen LogP contribution in [0.1, 0.15) is 37.7 Å². The zero-order chi connectivity index (χ0) is 24.6. The molecule has 35 heavy (non-hydrogen) atoms. The van der Waals surface area contributed by atoms with Crippen molar-refractivity contribution in [2.24, 2.45) is 0 Å². The van der Waals surface area contributed by atoms with Crippen LogP contribution in [0.5, 0.6) is 0 Å². The number of nitrogens with one attached hydrogen (secondary N) is 1. The van der Waals surface area contributed by atoms with E-state index in [1.165, 1.54) is 12.1 Å². The summed E-state index contributed by atoms with van der Waals surface area (Å²) in [6.07, 6.45) is 6.56. The highest BCUT2D eigenvalue weighted by atomic mass is 16.6. The minimum atomic E-state index is -0.451. The van der Waals surface area contributed by atoms with Crippen LogP contribution in [0.25, 0.3) is 16.9 Å². The normalized spacial score (nSPS) is 13.8. The number of benzene rings is 2. The van der Waals surface area contributed by atoms with Crippen molar-refractivity contribution < 1.29 is 14.5 Å². The number of aromatic nitrogens is 2. The number of para-hydroxylation sites is 1. The third kappa shape index (κ3) is 6.32. The van der Waals surface area contributed by atoms with Gasteiger partial charge in [0.05, 0.1) is 22.7 Å². The smallest absolute Gasteiger partial charge is 0.269 e. The fourth-order valence-corrected chi connectivity index (χ4v) is 4.26. The second-order valence-electron chi connectivity index (χ2n) is 8.66. The van der Waals surface area contributed by atoms with Crippen LogP contribution in [0.4, 0.5) is 5.69 Å². The quantitative estimate of drug-likeness (QED) is 0.392. The van der Waals surface area contributed by atoms with Crippen LogP contribution in [-0.4, -0.2) is 51.1 Å². The summed E-state index contributed by atoms with van der Waals surface area (Å²) in [4.78, 5) is 37.7. The van der Waals surface area contributed by atoms with E-state index in [0.29, 0.717) is 16.8 Å². The molecule has 3 aromatic rings. The van der Waals surface area contributed by atoms with Crippen LogP contribution in [0.3, 0.4) is 0 Å². The fraction of sp³-hybridized carbons (Fsp3) is 0.346. The lowest BCUT2D eigenvalue weighted by atomic mass is 10.1. The molecule has 9 nitrogen and oxygen atoms in total. The molecule has 182 valence electrons. The molecule has 0 spiro atoms. The molecule has 1 aliphatic rings. The van der Waals surface area contributed by atoms with E-state index >= 15 is 0 Å². The van der Waals surface area contributed by atoms with Crippen molar-refractivity contribution in [1.82, 2.24) is 20.0 Å². The lowest BCUT2D eigenvalue weighted by Gasteiger charge is -2.20. The van der Waals surface area contributed by atoms with Crippen molar-refractivity contribution in [2.45, 2.75) is 38.5 Å². The molecule has 0 saturated carbocycles. The number of nitro groups is 1. The van der Waals surface area contributed by atoms with Gasteiger partial charge in [-0.25, -0.2) is 4.68 Å². The Bertz CT molecular complexity index is 1170. The van der Waals surface area contributed by atoms with Gasteiger partial charge in [-0.1, -0.05) is 31.0 Å². The van der Waals surface area contributed by atoms with E-state index in [9.17, 15) is 19.7 Å². The molecule has 0 unspecified atom stereocenters. The number of carbonyl (C=O) groups excluding carboxylic acids is 2. The van der Waals surface area contributed by atoms with Crippen LogP contribution in [0.2, 0.25) is 0 Å². The molecule has 2 heterocycles. The van der Waals surface area contributed by atoms with Gasteiger partial charge in [-0.2, -0.15) is 5.10 Å². The molecule has 2 aromatic carbocycles. The molecule has 4 rings (SSSR count). The van der Waals surface area contributed by atoms with Gasteiger partial charge in [0.1, 0.15) is 0 Å². The lowest BCUT2D eigenvalue weighted by molar-refractivity contribution is -0.384. The summed E-state index contributed by atoms with van der Waals surface area (Å²) in [5, 5.41) is 18.5. The van der Waals surface area contributed by atoms with Gasteiger partial charge in [0.2, 0.25) is 11.8 Å². The van der Waals surface area contributed by atoms with E-state index in [2.05, 4.69) is 10.4 Å². The second kappa shape index (κ2) is 11.4. The number of nitrogens with zero attached hydrogens (tertiary/aromatic N) is 4. The first-order valence-electron chi connectivity index (χ1n) is 11.9. The minimum absolute atomic E-state index is 0.00962. The molecule has 9 heteroatoms. The van der Waals surface area contributed by atoms with Crippen LogP contribution in [-0.2, 0) is 16.0 Å². The van der Waals surface area contributed by atoms with Gasteiger partial charge in [-0.3, -0.25) is 19.7 Å². The number of rotatable bonds is 8. The summed E-state index contributed by atoms with van der Waals surface area (Å²) < 4.78 is 1.70. The average Bonchev–Trinajstić information content (AvgIpc) is 3.09. The highest BCUT2D eigenvalue weighted by Crippen LogP contribution is 2.26. The van der Waals surface area contributed by atoms with E-state index in [0.717, 1.165) is 44.5 Å². The van der Waals surface area contributed by atoms with Crippen molar-refractivity contribution in [2.75, 3.05) is 19.6 Å². The van der Waals surface area contributed by atoms with E-state index in [-0.39, 0.29) is 36.9 Å². The predicted octanol–water partition coefficient (Wildman–Crippen LogP) is 3.90. The van der Waals surface area contributed by atoms with E-state index < -0.39 is 4.92 Å². The molecule has 0 atom stereocenters. The fourth-order valence-electron chi connectivity index (χ4n) is 4.26. The average molecular weight is 476 g/mol. The SMILES string of the molecule is O=C(Cc1cn(-c2ccccc2)nc1-c1ccc([N+](=O)[O-])cc1)NCCC(=O)N1CCCCCC1. The number of amides is 2. The molecule has 1 N–H and O–H groups in total. The molecular formula is C26H29N5O4. The molecule has 1 saturated heterocycles. The Balaban J connectivity index is 1.45. The summed E-state index contributed by atoms with van der Waals surface area (Å²) in [5.74, 6) is -0.125. The molecule has 1 aliphatic heterocycles. The first-order valence-corrected chi connectivity index (χ1v) is 11.9. The maximum atomic E-state index is 12.7. The number of likely N-dealkylation sites (tertiary alicyclic amines) is 1.